The minimum absolute atomic E-state index is 0.108. The van der Waals surface area contributed by atoms with Crippen molar-refractivity contribution in [2.45, 2.75) is 25.8 Å². The van der Waals surface area contributed by atoms with E-state index >= 15 is 0 Å². The lowest BCUT2D eigenvalue weighted by molar-refractivity contribution is -0.123. The van der Waals surface area contributed by atoms with E-state index in [2.05, 4.69) is 21.7 Å². The first-order valence-corrected chi connectivity index (χ1v) is 9.54. The fraction of sp³-hybridized carbons (Fsp3) is 0.333. The molecule has 8 nitrogen and oxygen atoms in total. The van der Waals surface area contributed by atoms with E-state index in [1.165, 1.54) is 6.20 Å². The number of hydrogen-bond donors (Lipinski definition) is 3. The van der Waals surface area contributed by atoms with Crippen LogP contribution < -0.4 is 15.5 Å². The average Bonchev–Trinajstić information content (AvgIpc) is 3.52. The fourth-order valence-electron chi connectivity index (χ4n) is 3.79. The molecule has 1 atom stereocenters. The molecule has 3 N–H and O–H groups in total. The molecule has 8 heteroatoms. The third-order valence-corrected chi connectivity index (χ3v) is 5.56. The fourth-order valence-corrected chi connectivity index (χ4v) is 3.79. The van der Waals surface area contributed by atoms with Gasteiger partial charge in [0.25, 0.3) is 0 Å². The normalized spacial score (nSPS) is 20.9. The molecule has 1 aromatic heterocycles. The van der Waals surface area contributed by atoms with Gasteiger partial charge in [0.15, 0.2) is 0 Å². The summed E-state index contributed by atoms with van der Waals surface area (Å²) < 4.78 is 0. The van der Waals surface area contributed by atoms with Gasteiger partial charge in [-0.1, -0.05) is 18.2 Å². The van der Waals surface area contributed by atoms with Crippen molar-refractivity contribution >= 4 is 23.4 Å². The number of benzene rings is 1. The number of nitrogens with zero attached hydrogens (tertiary/aromatic N) is 3. The summed E-state index contributed by atoms with van der Waals surface area (Å²) in [4.78, 5) is 30.8. The third-order valence-electron chi connectivity index (χ3n) is 5.56. The Morgan fingerprint density at radius 3 is 2.86 bits per heavy atom. The minimum Gasteiger partial charge on any atom is -0.508 e. The molecule has 1 saturated heterocycles. The lowest BCUT2D eigenvalue weighted by atomic mass is 9.83. The van der Waals surface area contributed by atoms with E-state index in [1.54, 1.807) is 41.3 Å². The lowest BCUT2D eigenvalue weighted by Crippen LogP contribution is -2.35. The molecule has 2 aromatic rings. The highest BCUT2D eigenvalue weighted by atomic mass is 16.3. The number of aromatic nitrogens is 1. The zero-order valence-corrected chi connectivity index (χ0v) is 15.8. The van der Waals surface area contributed by atoms with Gasteiger partial charge in [-0.25, -0.2) is 9.78 Å². The molecule has 2 fully saturated rings. The monoisotopic (exact) mass is 391 g/mol. The van der Waals surface area contributed by atoms with E-state index in [0.29, 0.717) is 30.0 Å². The topological polar surface area (TPSA) is 118 Å². The number of phenols is 1. The number of nitrogens with one attached hydrogen (secondary N) is 2. The van der Waals surface area contributed by atoms with E-state index in [0.717, 1.165) is 12.8 Å². The highest BCUT2D eigenvalue weighted by Crippen LogP contribution is 2.51. The summed E-state index contributed by atoms with van der Waals surface area (Å²) in [6.07, 6.45) is 3.89. The minimum atomic E-state index is -0.911. The Morgan fingerprint density at radius 2 is 2.14 bits per heavy atom. The number of carbonyl (C=O) groups is 2. The first-order chi connectivity index (χ1) is 14.0. The summed E-state index contributed by atoms with van der Waals surface area (Å²) >= 11 is 0. The average molecular weight is 391 g/mol. The van der Waals surface area contributed by atoms with Gasteiger partial charge in [-0.2, -0.15) is 5.26 Å². The molecular formula is C21H21N5O3. The molecule has 0 bridgehead atoms. The number of aromatic hydroxyl groups is 1. The molecule has 3 amide bonds. The first-order valence-electron chi connectivity index (χ1n) is 9.54. The highest BCUT2D eigenvalue weighted by molar-refractivity contribution is 6.02. The Labute approximate surface area is 168 Å². The maximum atomic E-state index is 12.9. The number of urea groups is 1. The van der Waals surface area contributed by atoms with Gasteiger partial charge in [0.05, 0.1) is 6.07 Å². The molecule has 2 heterocycles. The Kier molecular flexibility index (Phi) is 4.80. The number of phenolic OH excluding ortho intramolecular Hbond substituents is 1. The summed E-state index contributed by atoms with van der Waals surface area (Å²) in [5, 5.41) is 24.7. The second kappa shape index (κ2) is 7.43. The molecule has 0 spiro atoms. The van der Waals surface area contributed by atoms with E-state index in [4.69, 9.17) is 0 Å². The molecule has 1 aromatic carbocycles. The Morgan fingerprint density at radius 1 is 1.34 bits per heavy atom. The number of pyridine rings is 1. The quantitative estimate of drug-likeness (QED) is 0.724. The summed E-state index contributed by atoms with van der Waals surface area (Å²) in [5.41, 5.74) is 0.296. The van der Waals surface area contributed by atoms with Crippen LogP contribution in [0.3, 0.4) is 0 Å². The Hall–Kier alpha value is -3.60. The molecule has 1 aliphatic carbocycles. The van der Waals surface area contributed by atoms with Crippen molar-refractivity contribution in [2.24, 2.45) is 11.3 Å². The Balaban J connectivity index is 1.41. The maximum absolute atomic E-state index is 12.9. The number of anilines is 2. The number of rotatable bonds is 5. The van der Waals surface area contributed by atoms with E-state index in [1.807, 2.05) is 0 Å². The van der Waals surface area contributed by atoms with Gasteiger partial charge in [0, 0.05) is 36.6 Å². The summed E-state index contributed by atoms with van der Waals surface area (Å²) in [7, 11) is 0. The second-order valence-corrected chi connectivity index (χ2v) is 7.40. The van der Waals surface area contributed by atoms with Crippen LogP contribution in [-0.2, 0) is 11.3 Å². The second-order valence-electron chi connectivity index (χ2n) is 7.40. The third kappa shape index (κ3) is 3.59. The molecular weight excluding hydrogens is 370 g/mol. The summed E-state index contributed by atoms with van der Waals surface area (Å²) in [6, 6.07) is 11.9. The van der Waals surface area contributed by atoms with Gasteiger partial charge < -0.3 is 15.3 Å². The van der Waals surface area contributed by atoms with Gasteiger partial charge in [0.2, 0.25) is 5.91 Å². The van der Waals surface area contributed by atoms with Crippen molar-refractivity contribution in [3.63, 3.8) is 0 Å². The van der Waals surface area contributed by atoms with E-state index in [-0.39, 0.29) is 24.1 Å². The molecule has 29 heavy (non-hydrogen) atoms. The predicted molar refractivity (Wildman–Crippen MR) is 106 cm³/mol. The summed E-state index contributed by atoms with van der Waals surface area (Å²) in [6.45, 7) is 0.640. The number of amides is 3. The SMILES string of the molecule is N#C[C@@]1(C2CC2)CCN(c2ccnc(NC(=O)NCc3ccccc3O)c2)C1=O. The van der Waals surface area contributed by atoms with Crippen molar-refractivity contribution in [1.29, 1.82) is 5.26 Å². The molecule has 148 valence electrons. The van der Waals surface area contributed by atoms with Gasteiger partial charge in [-0.15, -0.1) is 0 Å². The number of carbonyl (C=O) groups excluding carboxylic acids is 2. The first kappa shape index (κ1) is 18.7. The maximum Gasteiger partial charge on any atom is 0.320 e. The van der Waals surface area contributed by atoms with Crippen LogP contribution in [0.25, 0.3) is 0 Å². The van der Waals surface area contributed by atoms with Crippen molar-refractivity contribution in [3.8, 4) is 11.8 Å². The van der Waals surface area contributed by atoms with Crippen LogP contribution in [0.4, 0.5) is 16.3 Å². The molecule has 4 rings (SSSR count). The number of nitriles is 1. The highest BCUT2D eigenvalue weighted by Gasteiger charge is 2.56. The van der Waals surface area contributed by atoms with Crippen LogP contribution in [0.1, 0.15) is 24.8 Å². The Bertz CT molecular complexity index is 998. The number of hydrogen-bond acceptors (Lipinski definition) is 5. The van der Waals surface area contributed by atoms with E-state index in [9.17, 15) is 20.0 Å². The van der Waals surface area contributed by atoms with Crippen LogP contribution in [0.15, 0.2) is 42.6 Å². The zero-order chi connectivity index (χ0) is 20.4. The van der Waals surface area contributed by atoms with Crippen LogP contribution in [0, 0.1) is 22.7 Å². The van der Waals surface area contributed by atoms with Crippen molar-refractivity contribution in [1.82, 2.24) is 10.3 Å². The molecule has 0 radical (unpaired) electrons. The zero-order valence-electron chi connectivity index (χ0n) is 15.8. The lowest BCUT2D eigenvalue weighted by Gasteiger charge is -2.21. The molecule has 0 unspecified atom stereocenters. The van der Waals surface area contributed by atoms with E-state index < -0.39 is 11.4 Å². The molecule has 2 aliphatic rings. The van der Waals surface area contributed by atoms with Crippen molar-refractivity contribution in [2.75, 3.05) is 16.8 Å². The van der Waals surface area contributed by atoms with Crippen molar-refractivity contribution < 1.29 is 14.7 Å². The van der Waals surface area contributed by atoms with Crippen LogP contribution in [-0.4, -0.2) is 28.6 Å². The van der Waals surface area contributed by atoms with Crippen LogP contribution in [0.5, 0.6) is 5.75 Å². The number of para-hydroxylation sites is 1. The smallest absolute Gasteiger partial charge is 0.320 e. The van der Waals surface area contributed by atoms with Gasteiger partial charge >= 0.3 is 6.03 Å². The van der Waals surface area contributed by atoms with Gasteiger partial charge in [-0.3, -0.25) is 10.1 Å². The molecule has 1 saturated carbocycles. The van der Waals surface area contributed by atoms with Gasteiger partial charge in [0.1, 0.15) is 17.0 Å². The standard InChI is InChI=1S/C21H21N5O3/c22-13-21(15-5-6-15)8-10-26(19(21)28)16-7-9-23-18(11-16)25-20(29)24-12-14-3-1-2-4-17(14)27/h1-4,7,9,11,15,27H,5-6,8,10,12H2,(H2,23,24,25,29)/t21-/m1/s1. The molecule has 1 aliphatic heterocycles. The van der Waals surface area contributed by atoms with Crippen molar-refractivity contribution in [3.05, 3.63) is 48.2 Å². The summed E-state index contributed by atoms with van der Waals surface area (Å²) in [5.74, 6) is 0.399. The van der Waals surface area contributed by atoms with Crippen LogP contribution in [0.2, 0.25) is 0 Å². The van der Waals surface area contributed by atoms with Crippen LogP contribution >= 0.6 is 0 Å². The largest absolute Gasteiger partial charge is 0.508 e. The van der Waals surface area contributed by atoms with Gasteiger partial charge in [-0.05, 0) is 37.3 Å². The predicted octanol–water partition coefficient (Wildman–Crippen LogP) is 2.77.